The third-order valence-corrected chi connectivity index (χ3v) is 2.26. The molecule has 0 rings (SSSR count). The van der Waals surface area contributed by atoms with Crippen molar-refractivity contribution in [2.75, 3.05) is 60.9 Å². The number of amides is 2. The van der Waals surface area contributed by atoms with Crippen molar-refractivity contribution in [1.82, 2.24) is 20.0 Å². The molecule has 0 aliphatic carbocycles. The molecule has 0 aromatic carbocycles. The van der Waals surface area contributed by atoms with E-state index in [-0.39, 0.29) is 12.6 Å². The van der Waals surface area contributed by atoms with Crippen molar-refractivity contribution in [1.29, 1.82) is 0 Å². The van der Waals surface area contributed by atoms with Gasteiger partial charge in [0.15, 0.2) is 0 Å². The summed E-state index contributed by atoms with van der Waals surface area (Å²) in [6, 6.07) is -0.0911. The summed E-state index contributed by atoms with van der Waals surface area (Å²) in [5, 5.41) is 2.69. The topological polar surface area (TPSA) is 38.8 Å². The minimum Gasteiger partial charge on any atom is -0.327 e. The number of nitrogens with zero attached hydrogens (tertiary/aromatic N) is 3. The highest BCUT2D eigenvalue weighted by Crippen LogP contribution is 1.92. The lowest BCUT2D eigenvalue weighted by Crippen LogP contribution is -2.45. The molecular formula is C12H24N4O. The lowest BCUT2D eigenvalue weighted by atomic mass is 10.4. The lowest BCUT2D eigenvalue weighted by molar-refractivity contribution is 0.186. The van der Waals surface area contributed by atoms with Crippen LogP contribution < -0.4 is 5.32 Å². The number of hydrogen-bond donors (Lipinski definition) is 1. The maximum atomic E-state index is 11.8. The Labute approximate surface area is 105 Å². The molecular weight excluding hydrogens is 216 g/mol. The second-order valence-electron chi connectivity index (χ2n) is 4.46. The maximum Gasteiger partial charge on any atom is 0.318 e. The number of urea groups is 1. The van der Waals surface area contributed by atoms with Gasteiger partial charge in [-0.3, -0.25) is 0 Å². The van der Waals surface area contributed by atoms with Crippen molar-refractivity contribution in [3.05, 3.63) is 0 Å². The van der Waals surface area contributed by atoms with Gasteiger partial charge in [-0.2, -0.15) is 0 Å². The molecule has 0 radical (unpaired) electrons. The van der Waals surface area contributed by atoms with Crippen molar-refractivity contribution in [2.45, 2.75) is 0 Å². The minimum absolute atomic E-state index is 0.0911. The number of likely N-dealkylation sites (N-methyl/N-ethyl adjacent to an activating group) is 2. The first-order chi connectivity index (χ1) is 7.97. The number of carbonyl (C=O) groups excluding carboxylic acids is 1. The summed E-state index contributed by atoms with van der Waals surface area (Å²) in [6.07, 6.45) is 5.12. The van der Waals surface area contributed by atoms with Crippen LogP contribution in [0.2, 0.25) is 0 Å². The van der Waals surface area contributed by atoms with E-state index in [9.17, 15) is 4.79 Å². The van der Waals surface area contributed by atoms with E-state index in [0.717, 1.165) is 13.1 Å². The Balaban J connectivity index is 4.18. The molecule has 98 valence electrons. The second kappa shape index (κ2) is 8.85. The molecule has 0 heterocycles. The third-order valence-electron chi connectivity index (χ3n) is 2.26. The fraction of sp³-hybridized carbons (Fsp3) is 0.750. The monoisotopic (exact) mass is 240 g/mol. The molecule has 0 bridgehead atoms. The molecule has 0 aliphatic rings. The molecule has 2 amide bonds. The summed E-state index contributed by atoms with van der Waals surface area (Å²) < 4.78 is 0. The van der Waals surface area contributed by atoms with Crippen LogP contribution in [0.15, 0.2) is 0 Å². The summed E-state index contributed by atoms with van der Waals surface area (Å²) in [4.78, 5) is 17.7. The Morgan fingerprint density at radius 3 is 1.88 bits per heavy atom. The van der Waals surface area contributed by atoms with Gasteiger partial charge in [0.25, 0.3) is 0 Å². The Bertz CT molecular complexity index is 246. The van der Waals surface area contributed by atoms with Gasteiger partial charge in [-0.15, -0.1) is 6.42 Å². The fourth-order valence-corrected chi connectivity index (χ4v) is 1.19. The molecule has 0 atom stereocenters. The highest BCUT2D eigenvalue weighted by Gasteiger charge is 2.12. The summed E-state index contributed by atoms with van der Waals surface area (Å²) in [6.45, 7) is 3.38. The predicted molar refractivity (Wildman–Crippen MR) is 70.9 cm³/mol. The van der Waals surface area contributed by atoms with Crippen LogP contribution in [0.25, 0.3) is 0 Å². The average Bonchev–Trinajstić information content (AvgIpc) is 2.25. The van der Waals surface area contributed by atoms with Crippen LogP contribution in [-0.4, -0.2) is 81.6 Å². The van der Waals surface area contributed by atoms with Gasteiger partial charge in [-0.1, -0.05) is 5.92 Å². The van der Waals surface area contributed by atoms with E-state index in [4.69, 9.17) is 6.42 Å². The van der Waals surface area contributed by atoms with Crippen molar-refractivity contribution in [3.8, 4) is 12.3 Å². The first kappa shape index (κ1) is 15.8. The van der Waals surface area contributed by atoms with Crippen LogP contribution >= 0.6 is 0 Å². The molecule has 0 fully saturated rings. The molecule has 0 unspecified atom stereocenters. The van der Waals surface area contributed by atoms with E-state index < -0.39 is 0 Å². The van der Waals surface area contributed by atoms with Gasteiger partial charge < -0.3 is 20.0 Å². The Kier molecular flexibility index (Phi) is 8.20. The Morgan fingerprint density at radius 2 is 1.53 bits per heavy atom. The average molecular weight is 240 g/mol. The molecule has 5 nitrogen and oxygen atoms in total. The van der Waals surface area contributed by atoms with Gasteiger partial charge in [0.05, 0.1) is 6.54 Å². The zero-order valence-corrected chi connectivity index (χ0v) is 11.4. The van der Waals surface area contributed by atoms with Gasteiger partial charge in [0.1, 0.15) is 0 Å². The SMILES string of the molecule is C#CCNC(=O)N(CCN(C)C)CCN(C)C. The maximum absolute atomic E-state index is 11.8. The van der Waals surface area contributed by atoms with Crippen LogP contribution in [0.4, 0.5) is 4.79 Å². The molecule has 5 heteroatoms. The van der Waals surface area contributed by atoms with Crippen LogP contribution in [0.1, 0.15) is 0 Å². The van der Waals surface area contributed by atoms with Crippen molar-refractivity contribution in [3.63, 3.8) is 0 Å². The van der Waals surface area contributed by atoms with E-state index in [1.54, 1.807) is 4.90 Å². The van der Waals surface area contributed by atoms with Crippen LogP contribution in [0.3, 0.4) is 0 Å². The summed E-state index contributed by atoms with van der Waals surface area (Å²) in [5.74, 6) is 2.40. The van der Waals surface area contributed by atoms with Crippen molar-refractivity contribution in [2.24, 2.45) is 0 Å². The lowest BCUT2D eigenvalue weighted by Gasteiger charge is -2.25. The smallest absolute Gasteiger partial charge is 0.318 e. The zero-order valence-electron chi connectivity index (χ0n) is 11.4. The van der Waals surface area contributed by atoms with Gasteiger partial charge in [-0.05, 0) is 28.2 Å². The van der Waals surface area contributed by atoms with Crippen LogP contribution in [0.5, 0.6) is 0 Å². The van der Waals surface area contributed by atoms with E-state index >= 15 is 0 Å². The zero-order chi connectivity index (χ0) is 13.3. The second-order valence-corrected chi connectivity index (χ2v) is 4.46. The highest BCUT2D eigenvalue weighted by molar-refractivity contribution is 5.74. The van der Waals surface area contributed by atoms with E-state index in [2.05, 4.69) is 21.0 Å². The van der Waals surface area contributed by atoms with Crippen LogP contribution in [0, 0.1) is 12.3 Å². The first-order valence-electron chi connectivity index (χ1n) is 5.73. The van der Waals surface area contributed by atoms with E-state index in [0.29, 0.717) is 13.1 Å². The van der Waals surface area contributed by atoms with Gasteiger partial charge in [0, 0.05) is 26.2 Å². The minimum atomic E-state index is -0.0911. The third kappa shape index (κ3) is 8.55. The summed E-state index contributed by atoms with van der Waals surface area (Å²) in [7, 11) is 7.96. The Morgan fingerprint density at radius 1 is 1.06 bits per heavy atom. The van der Waals surface area contributed by atoms with Gasteiger partial charge >= 0.3 is 6.03 Å². The quantitative estimate of drug-likeness (QED) is 0.624. The predicted octanol–water partition coefficient (Wildman–Crippen LogP) is -0.246. The number of nitrogens with one attached hydrogen (secondary N) is 1. The van der Waals surface area contributed by atoms with E-state index in [1.165, 1.54) is 0 Å². The largest absolute Gasteiger partial charge is 0.327 e. The van der Waals surface area contributed by atoms with Crippen LogP contribution in [-0.2, 0) is 0 Å². The number of terminal acetylenes is 1. The summed E-state index contributed by atoms with van der Waals surface area (Å²) in [5.41, 5.74) is 0. The van der Waals surface area contributed by atoms with Gasteiger partial charge in [0.2, 0.25) is 0 Å². The number of carbonyl (C=O) groups is 1. The highest BCUT2D eigenvalue weighted by atomic mass is 16.2. The number of hydrogen-bond acceptors (Lipinski definition) is 3. The normalized spacial score (nSPS) is 10.4. The molecule has 17 heavy (non-hydrogen) atoms. The van der Waals surface area contributed by atoms with Crippen molar-refractivity contribution < 1.29 is 4.79 Å². The molecule has 0 aromatic rings. The standard InChI is InChI=1S/C12H24N4O/c1-6-7-13-12(17)16(10-8-14(2)3)11-9-15(4)5/h1H,7-11H2,2-5H3,(H,13,17). The first-order valence-corrected chi connectivity index (χ1v) is 5.73. The Hall–Kier alpha value is -1.25. The number of rotatable bonds is 7. The van der Waals surface area contributed by atoms with Gasteiger partial charge in [-0.25, -0.2) is 4.79 Å². The molecule has 0 saturated carbocycles. The molecule has 0 aromatic heterocycles. The summed E-state index contributed by atoms with van der Waals surface area (Å²) >= 11 is 0. The molecule has 0 saturated heterocycles. The fourth-order valence-electron chi connectivity index (χ4n) is 1.19. The van der Waals surface area contributed by atoms with E-state index in [1.807, 2.05) is 28.2 Å². The van der Waals surface area contributed by atoms with Crippen molar-refractivity contribution >= 4 is 6.03 Å². The molecule has 0 aliphatic heterocycles. The molecule has 1 N–H and O–H groups in total. The molecule has 0 spiro atoms.